The van der Waals surface area contributed by atoms with Crippen LogP contribution in [-0.2, 0) is 16.1 Å². The number of carbonyl (C=O) groups is 1. The number of nitrogens with zero attached hydrogens (tertiary/aromatic N) is 2. The Balaban J connectivity index is 1.73. The van der Waals surface area contributed by atoms with Crippen LogP contribution in [0.15, 0.2) is 12.4 Å². The van der Waals surface area contributed by atoms with Gasteiger partial charge >= 0.3 is 5.97 Å². The van der Waals surface area contributed by atoms with Crippen LogP contribution in [0.3, 0.4) is 0 Å². The summed E-state index contributed by atoms with van der Waals surface area (Å²) < 4.78 is 6.71. The number of hydrogen-bond donors (Lipinski definition) is 1. The Morgan fingerprint density at radius 1 is 1.73 bits per heavy atom. The Bertz CT molecular complexity index is 348. The molecule has 0 saturated carbocycles. The Labute approximate surface area is 88.4 Å². The summed E-state index contributed by atoms with van der Waals surface area (Å²) in [6.45, 7) is 4.06. The normalized spacial score (nSPS) is 20.6. The van der Waals surface area contributed by atoms with E-state index >= 15 is 0 Å². The maximum absolute atomic E-state index is 11.1. The maximum atomic E-state index is 11.1. The quantitative estimate of drug-likeness (QED) is 0.714. The number of rotatable bonds is 4. The zero-order valence-corrected chi connectivity index (χ0v) is 8.77. The standard InChI is InChI=1S/C10H15N3O2/c1-8-6-12-13(7-8)4-3-11-9-2-5-15-10(9)14/h6-7,9,11H,2-5H2,1H3/t9-/m1/s1. The average Bonchev–Trinajstić information content (AvgIpc) is 2.77. The van der Waals surface area contributed by atoms with Crippen LogP contribution >= 0.6 is 0 Å². The van der Waals surface area contributed by atoms with E-state index in [4.69, 9.17) is 4.74 Å². The molecule has 0 radical (unpaired) electrons. The van der Waals surface area contributed by atoms with Gasteiger partial charge in [-0.05, 0) is 12.5 Å². The fourth-order valence-corrected chi connectivity index (χ4v) is 1.62. The number of hydrogen-bond acceptors (Lipinski definition) is 4. The largest absolute Gasteiger partial charge is 0.464 e. The van der Waals surface area contributed by atoms with Gasteiger partial charge in [-0.2, -0.15) is 5.10 Å². The van der Waals surface area contributed by atoms with Crippen LogP contribution in [0.5, 0.6) is 0 Å². The van der Waals surface area contributed by atoms with Gasteiger partial charge in [-0.1, -0.05) is 0 Å². The number of aromatic nitrogens is 2. The van der Waals surface area contributed by atoms with Crippen LogP contribution in [0.25, 0.3) is 0 Å². The van der Waals surface area contributed by atoms with Crippen LogP contribution in [0, 0.1) is 6.92 Å². The predicted octanol–water partition coefficient (Wildman–Crippen LogP) is 0.0966. The lowest BCUT2D eigenvalue weighted by atomic mass is 10.2. The van der Waals surface area contributed by atoms with Crippen LogP contribution in [-0.4, -0.2) is 34.9 Å². The van der Waals surface area contributed by atoms with Crippen LogP contribution in [0.4, 0.5) is 0 Å². The molecular formula is C10H15N3O2. The number of nitrogens with one attached hydrogen (secondary N) is 1. The molecule has 0 amide bonds. The number of aryl methyl sites for hydroxylation is 1. The minimum atomic E-state index is -0.133. The summed E-state index contributed by atoms with van der Waals surface area (Å²) in [7, 11) is 0. The number of ether oxygens (including phenoxy) is 1. The molecule has 2 heterocycles. The first kappa shape index (κ1) is 10.2. The summed E-state index contributed by atoms with van der Waals surface area (Å²) in [6.07, 6.45) is 4.58. The molecule has 1 saturated heterocycles. The van der Waals surface area contributed by atoms with E-state index in [0.717, 1.165) is 25.1 Å². The molecule has 1 aliphatic heterocycles. The highest BCUT2D eigenvalue weighted by Gasteiger charge is 2.25. The van der Waals surface area contributed by atoms with Crippen LogP contribution in [0.2, 0.25) is 0 Å². The van der Waals surface area contributed by atoms with Gasteiger partial charge in [0, 0.05) is 19.2 Å². The molecule has 1 atom stereocenters. The van der Waals surface area contributed by atoms with Crippen molar-refractivity contribution >= 4 is 5.97 Å². The van der Waals surface area contributed by atoms with Crippen molar-refractivity contribution in [2.75, 3.05) is 13.2 Å². The molecule has 5 heteroatoms. The van der Waals surface area contributed by atoms with E-state index < -0.39 is 0 Å². The van der Waals surface area contributed by atoms with E-state index in [0.29, 0.717) is 6.61 Å². The molecule has 0 unspecified atom stereocenters. The van der Waals surface area contributed by atoms with E-state index in [1.165, 1.54) is 0 Å². The van der Waals surface area contributed by atoms with Crippen molar-refractivity contribution < 1.29 is 9.53 Å². The smallest absolute Gasteiger partial charge is 0.323 e. The summed E-state index contributed by atoms with van der Waals surface area (Å²) in [6, 6.07) is -0.123. The van der Waals surface area contributed by atoms with Crippen molar-refractivity contribution in [3.05, 3.63) is 18.0 Å². The van der Waals surface area contributed by atoms with Gasteiger partial charge in [0.25, 0.3) is 0 Å². The predicted molar refractivity (Wildman–Crippen MR) is 54.3 cm³/mol. The van der Waals surface area contributed by atoms with E-state index in [1.807, 2.05) is 24.0 Å². The van der Waals surface area contributed by atoms with Crippen LogP contribution in [0.1, 0.15) is 12.0 Å². The fourth-order valence-electron chi connectivity index (χ4n) is 1.62. The third-order valence-electron chi connectivity index (χ3n) is 2.43. The van der Waals surface area contributed by atoms with Gasteiger partial charge in [-0.15, -0.1) is 0 Å². The van der Waals surface area contributed by atoms with E-state index in [1.54, 1.807) is 0 Å². The topological polar surface area (TPSA) is 56.1 Å². The fraction of sp³-hybridized carbons (Fsp3) is 0.600. The summed E-state index contributed by atoms with van der Waals surface area (Å²) in [5.41, 5.74) is 1.15. The molecule has 0 aromatic carbocycles. The lowest BCUT2D eigenvalue weighted by molar-refractivity contribution is -0.139. The monoisotopic (exact) mass is 209 g/mol. The second-order valence-electron chi connectivity index (χ2n) is 3.74. The molecule has 1 N–H and O–H groups in total. The molecule has 0 aliphatic carbocycles. The molecule has 1 aromatic heterocycles. The molecule has 0 spiro atoms. The number of cyclic esters (lactones) is 1. The summed E-state index contributed by atoms with van der Waals surface area (Å²) in [5.74, 6) is -0.133. The minimum Gasteiger partial charge on any atom is -0.464 e. The van der Waals surface area contributed by atoms with Gasteiger partial charge in [-0.3, -0.25) is 9.48 Å². The molecule has 5 nitrogen and oxygen atoms in total. The van der Waals surface area contributed by atoms with Gasteiger partial charge in [-0.25, -0.2) is 0 Å². The second-order valence-corrected chi connectivity index (χ2v) is 3.74. The van der Waals surface area contributed by atoms with Gasteiger partial charge in [0.2, 0.25) is 0 Å². The molecule has 0 bridgehead atoms. The Morgan fingerprint density at radius 2 is 2.60 bits per heavy atom. The van der Waals surface area contributed by atoms with E-state index in [2.05, 4.69) is 10.4 Å². The summed E-state index contributed by atoms with van der Waals surface area (Å²) >= 11 is 0. The molecule has 82 valence electrons. The number of esters is 1. The lowest BCUT2D eigenvalue weighted by Crippen LogP contribution is -2.35. The zero-order valence-electron chi connectivity index (χ0n) is 8.77. The van der Waals surface area contributed by atoms with E-state index in [9.17, 15) is 4.79 Å². The minimum absolute atomic E-state index is 0.123. The molecule has 2 rings (SSSR count). The van der Waals surface area contributed by atoms with Gasteiger partial charge in [0.1, 0.15) is 6.04 Å². The maximum Gasteiger partial charge on any atom is 0.323 e. The summed E-state index contributed by atoms with van der Waals surface area (Å²) in [5, 5.41) is 7.31. The first-order chi connectivity index (χ1) is 7.25. The van der Waals surface area contributed by atoms with Crippen molar-refractivity contribution in [2.45, 2.75) is 25.9 Å². The zero-order chi connectivity index (χ0) is 10.7. The molecule has 1 aliphatic rings. The van der Waals surface area contributed by atoms with Gasteiger partial charge in [0.05, 0.1) is 19.3 Å². The van der Waals surface area contributed by atoms with Crippen molar-refractivity contribution in [2.24, 2.45) is 0 Å². The molecule has 1 aromatic rings. The number of carbonyl (C=O) groups excluding carboxylic acids is 1. The first-order valence-corrected chi connectivity index (χ1v) is 5.15. The van der Waals surface area contributed by atoms with Crippen molar-refractivity contribution in [3.8, 4) is 0 Å². The molecule has 15 heavy (non-hydrogen) atoms. The molecule has 1 fully saturated rings. The van der Waals surface area contributed by atoms with Crippen LogP contribution < -0.4 is 5.32 Å². The third-order valence-corrected chi connectivity index (χ3v) is 2.43. The van der Waals surface area contributed by atoms with Gasteiger partial charge < -0.3 is 10.1 Å². The third kappa shape index (κ3) is 2.56. The highest BCUT2D eigenvalue weighted by Crippen LogP contribution is 2.05. The Morgan fingerprint density at radius 3 is 3.20 bits per heavy atom. The average molecular weight is 209 g/mol. The van der Waals surface area contributed by atoms with Crippen molar-refractivity contribution in [3.63, 3.8) is 0 Å². The Kier molecular flexibility index (Phi) is 3.01. The summed E-state index contributed by atoms with van der Waals surface area (Å²) in [4.78, 5) is 11.1. The first-order valence-electron chi connectivity index (χ1n) is 5.15. The van der Waals surface area contributed by atoms with Crippen molar-refractivity contribution in [1.29, 1.82) is 0 Å². The lowest BCUT2D eigenvalue weighted by Gasteiger charge is -2.08. The van der Waals surface area contributed by atoms with Crippen molar-refractivity contribution in [1.82, 2.24) is 15.1 Å². The highest BCUT2D eigenvalue weighted by atomic mass is 16.5. The second kappa shape index (κ2) is 4.44. The Hall–Kier alpha value is -1.36. The highest BCUT2D eigenvalue weighted by molar-refractivity contribution is 5.77. The SMILES string of the molecule is Cc1cnn(CCN[C@@H]2CCOC2=O)c1. The van der Waals surface area contributed by atoms with E-state index in [-0.39, 0.29) is 12.0 Å². The van der Waals surface area contributed by atoms with Gasteiger partial charge in [0.15, 0.2) is 0 Å². The molecular weight excluding hydrogens is 194 g/mol.